The molecule has 1 aliphatic carbocycles. The van der Waals surface area contributed by atoms with Crippen LogP contribution >= 0.6 is 0 Å². The van der Waals surface area contributed by atoms with Crippen LogP contribution in [0, 0.1) is 17.8 Å². The third-order valence-electron chi connectivity index (χ3n) is 5.04. The lowest BCUT2D eigenvalue weighted by Crippen LogP contribution is -2.35. The minimum absolute atomic E-state index is 0.0311. The van der Waals surface area contributed by atoms with Crippen molar-refractivity contribution >= 4 is 5.91 Å². The summed E-state index contributed by atoms with van der Waals surface area (Å²) in [5.41, 5.74) is 1.13. The molecule has 2 atom stereocenters. The third-order valence-corrected chi connectivity index (χ3v) is 5.04. The predicted molar refractivity (Wildman–Crippen MR) is 86.1 cm³/mol. The number of hydrogen-bond acceptors (Lipinski definition) is 3. The van der Waals surface area contributed by atoms with Crippen molar-refractivity contribution in [3.8, 4) is 0 Å². The van der Waals surface area contributed by atoms with Crippen LogP contribution in [0.2, 0.25) is 0 Å². The van der Waals surface area contributed by atoms with E-state index in [1.54, 1.807) is 0 Å². The Morgan fingerprint density at radius 1 is 1.23 bits per heavy atom. The van der Waals surface area contributed by atoms with Crippen molar-refractivity contribution in [1.29, 1.82) is 0 Å². The van der Waals surface area contributed by atoms with E-state index in [9.17, 15) is 9.90 Å². The van der Waals surface area contributed by atoms with Crippen LogP contribution in [0.3, 0.4) is 0 Å². The molecule has 1 aromatic carbocycles. The van der Waals surface area contributed by atoms with E-state index in [-0.39, 0.29) is 18.4 Å². The van der Waals surface area contributed by atoms with Gasteiger partial charge in [-0.15, -0.1) is 0 Å². The molecule has 2 N–H and O–H groups in total. The van der Waals surface area contributed by atoms with Gasteiger partial charge in [0.05, 0.1) is 6.61 Å². The highest BCUT2D eigenvalue weighted by Crippen LogP contribution is 2.48. The highest BCUT2D eigenvalue weighted by molar-refractivity contribution is 5.81. The number of carbonyl (C=O) groups is 1. The van der Waals surface area contributed by atoms with Gasteiger partial charge in [0.1, 0.15) is 0 Å². The number of piperidine rings is 1. The number of nitrogens with zero attached hydrogens (tertiary/aromatic N) is 1. The van der Waals surface area contributed by atoms with Gasteiger partial charge in [-0.3, -0.25) is 4.79 Å². The second-order valence-corrected chi connectivity index (χ2v) is 6.56. The van der Waals surface area contributed by atoms with Crippen LogP contribution in [0.15, 0.2) is 30.3 Å². The summed E-state index contributed by atoms with van der Waals surface area (Å²) in [6, 6.07) is 10.0. The summed E-state index contributed by atoms with van der Waals surface area (Å²) in [6.45, 7) is 3.25. The standard InChI is InChI=1S/C18H26N2O2/c21-11-10-20(13-14-4-2-1-3-5-14)18(22)17-12-16(17)15-6-8-19-9-7-15/h1-5,15-17,19,21H,6-13H2/t16-,17+/m0/s1. The summed E-state index contributed by atoms with van der Waals surface area (Å²) in [5, 5.41) is 12.7. The van der Waals surface area contributed by atoms with Gasteiger partial charge in [0.15, 0.2) is 0 Å². The molecule has 1 amide bonds. The minimum atomic E-state index is 0.0311. The van der Waals surface area contributed by atoms with Gasteiger partial charge in [-0.05, 0) is 49.8 Å². The van der Waals surface area contributed by atoms with Crippen molar-refractivity contribution in [3.05, 3.63) is 35.9 Å². The SMILES string of the molecule is O=C([C@@H]1C[C@H]1C1CCNCC1)N(CCO)Cc1ccccc1. The number of benzene rings is 1. The van der Waals surface area contributed by atoms with Gasteiger partial charge in [0.25, 0.3) is 0 Å². The molecule has 0 aromatic heterocycles. The maximum atomic E-state index is 12.8. The van der Waals surface area contributed by atoms with Crippen LogP contribution in [0.5, 0.6) is 0 Å². The molecule has 4 heteroatoms. The van der Waals surface area contributed by atoms with Gasteiger partial charge in [0.2, 0.25) is 5.91 Å². The Labute approximate surface area is 132 Å². The third kappa shape index (κ3) is 3.68. The average molecular weight is 302 g/mol. The second-order valence-electron chi connectivity index (χ2n) is 6.56. The van der Waals surface area contributed by atoms with Crippen LogP contribution in [-0.2, 0) is 11.3 Å². The largest absolute Gasteiger partial charge is 0.395 e. The fourth-order valence-corrected chi connectivity index (χ4v) is 3.72. The summed E-state index contributed by atoms with van der Waals surface area (Å²) in [5.74, 6) is 1.72. The van der Waals surface area contributed by atoms with Crippen LogP contribution < -0.4 is 5.32 Å². The van der Waals surface area contributed by atoms with Crippen molar-refractivity contribution in [1.82, 2.24) is 10.2 Å². The number of aliphatic hydroxyl groups excluding tert-OH is 1. The molecule has 1 heterocycles. The second kappa shape index (κ2) is 7.25. The number of amides is 1. The van der Waals surface area contributed by atoms with E-state index >= 15 is 0 Å². The van der Waals surface area contributed by atoms with Crippen LogP contribution in [0.4, 0.5) is 0 Å². The zero-order valence-electron chi connectivity index (χ0n) is 13.1. The molecule has 120 valence electrons. The first-order valence-corrected chi connectivity index (χ1v) is 8.44. The van der Waals surface area contributed by atoms with E-state index in [1.165, 1.54) is 12.8 Å². The van der Waals surface area contributed by atoms with Gasteiger partial charge in [-0.2, -0.15) is 0 Å². The lowest BCUT2D eigenvalue weighted by atomic mass is 9.92. The topological polar surface area (TPSA) is 52.6 Å². The molecule has 0 unspecified atom stereocenters. The van der Waals surface area contributed by atoms with E-state index in [0.29, 0.717) is 24.9 Å². The van der Waals surface area contributed by atoms with Crippen LogP contribution in [0.1, 0.15) is 24.8 Å². The fourth-order valence-electron chi connectivity index (χ4n) is 3.72. The smallest absolute Gasteiger partial charge is 0.226 e. The summed E-state index contributed by atoms with van der Waals surface area (Å²) in [4.78, 5) is 14.6. The molecule has 0 radical (unpaired) electrons. The minimum Gasteiger partial charge on any atom is -0.395 e. The molecule has 4 nitrogen and oxygen atoms in total. The molecule has 0 bridgehead atoms. The van der Waals surface area contributed by atoms with Gasteiger partial charge >= 0.3 is 0 Å². The number of hydrogen-bond donors (Lipinski definition) is 2. The normalized spacial score (nSPS) is 25.0. The molecule has 0 spiro atoms. The van der Waals surface area contributed by atoms with Crippen LogP contribution in [-0.4, -0.2) is 42.2 Å². The van der Waals surface area contributed by atoms with Crippen LogP contribution in [0.25, 0.3) is 0 Å². The number of rotatable bonds is 6. The summed E-state index contributed by atoms with van der Waals surface area (Å²) in [6.07, 6.45) is 3.44. The zero-order valence-corrected chi connectivity index (χ0v) is 13.1. The molecular weight excluding hydrogens is 276 g/mol. The zero-order chi connectivity index (χ0) is 15.4. The molecule has 2 aliphatic rings. The average Bonchev–Trinajstić information content (AvgIpc) is 3.36. The Kier molecular flexibility index (Phi) is 5.11. The predicted octanol–water partition coefficient (Wildman–Crippen LogP) is 1.64. The molecule has 1 aromatic rings. The maximum absolute atomic E-state index is 12.8. The highest BCUT2D eigenvalue weighted by atomic mass is 16.3. The van der Waals surface area contributed by atoms with Gasteiger partial charge in [-0.1, -0.05) is 30.3 Å². The summed E-state index contributed by atoms with van der Waals surface area (Å²) < 4.78 is 0. The molecule has 1 aliphatic heterocycles. The van der Waals surface area contributed by atoms with E-state index in [4.69, 9.17) is 0 Å². The Morgan fingerprint density at radius 3 is 2.64 bits per heavy atom. The Balaban J connectivity index is 1.58. The van der Waals surface area contributed by atoms with E-state index in [1.807, 2.05) is 35.2 Å². The van der Waals surface area contributed by atoms with E-state index < -0.39 is 0 Å². The molecule has 3 rings (SSSR count). The summed E-state index contributed by atoms with van der Waals surface area (Å²) in [7, 11) is 0. The van der Waals surface area contributed by atoms with Crippen molar-refractivity contribution < 1.29 is 9.90 Å². The van der Waals surface area contributed by atoms with E-state index in [0.717, 1.165) is 25.1 Å². The van der Waals surface area contributed by atoms with Crippen molar-refractivity contribution in [3.63, 3.8) is 0 Å². The molecule has 2 fully saturated rings. The Hall–Kier alpha value is -1.39. The Bertz CT molecular complexity index is 485. The monoisotopic (exact) mass is 302 g/mol. The van der Waals surface area contributed by atoms with Crippen molar-refractivity contribution in [2.75, 3.05) is 26.2 Å². The van der Waals surface area contributed by atoms with E-state index in [2.05, 4.69) is 5.32 Å². The highest BCUT2D eigenvalue weighted by Gasteiger charge is 2.48. The van der Waals surface area contributed by atoms with Crippen molar-refractivity contribution in [2.24, 2.45) is 17.8 Å². The molecule has 22 heavy (non-hydrogen) atoms. The lowest BCUT2D eigenvalue weighted by Gasteiger charge is -2.25. The Morgan fingerprint density at radius 2 is 1.95 bits per heavy atom. The quantitative estimate of drug-likeness (QED) is 0.840. The van der Waals surface area contributed by atoms with Gasteiger partial charge < -0.3 is 15.3 Å². The first-order valence-electron chi connectivity index (χ1n) is 8.44. The fraction of sp³-hybridized carbons (Fsp3) is 0.611. The number of carbonyl (C=O) groups excluding carboxylic acids is 1. The lowest BCUT2D eigenvalue weighted by molar-refractivity contribution is -0.134. The van der Waals surface area contributed by atoms with Gasteiger partial charge in [0, 0.05) is 19.0 Å². The molecular formula is C18H26N2O2. The number of aliphatic hydroxyl groups is 1. The van der Waals surface area contributed by atoms with Gasteiger partial charge in [-0.25, -0.2) is 0 Å². The van der Waals surface area contributed by atoms with Crippen molar-refractivity contribution in [2.45, 2.75) is 25.8 Å². The molecule has 1 saturated carbocycles. The molecule has 1 saturated heterocycles. The number of nitrogens with one attached hydrogen (secondary N) is 1. The first kappa shape index (κ1) is 15.5. The summed E-state index contributed by atoms with van der Waals surface area (Å²) >= 11 is 0. The maximum Gasteiger partial charge on any atom is 0.226 e. The first-order chi connectivity index (χ1) is 10.8.